The van der Waals surface area contributed by atoms with Crippen LogP contribution in [0.1, 0.15) is 18.1 Å². The summed E-state index contributed by atoms with van der Waals surface area (Å²) in [5.74, 6) is 0.0299. The van der Waals surface area contributed by atoms with Gasteiger partial charge < -0.3 is 4.74 Å². The number of morpholine rings is 1. The maximum absolute atomic E-state index is 12.2. The third kappa shape index (κ3) is 5.74. The molecule has 1 heterocycles. The van der Waals surface area contributed by atoms with Crippen LogP contribution in [-0.4, -0.2) is 52.2 Å². The van der Waals surface area contributed by atoms with Crippen molar-refractivity contribution in [2.75, 3.05) is 32.8 Å². The van der Waals surface area contributed by atoms with Crippen LogP contribution in [0, 0.1) is 6.92 Å². The molecule has 1 aliphatic rings. The van der Waals surface area contributed by atoms with Gasteiger partial charge in [0.1, 0.15) is 0 Å². The molecule has 1 aromatic rings. The summed E-state index contributed by atoms with van der Waals surface area (Å²) >= 11 is 0. The number of nitrogens with zero attached hydrogens (tertiary/aromatic N) is 1. The molecule has 118 valence electrons. The van der Waals surface area contributed by atoms with Crippen molar-refractivity contribution in [1.29, 1.82) is 0 Å². The summed E-state index contributed by atoms with van der Waals surface area (Å²) in [6.07, 6.45) is 0. The number of sulfonamides is 1. The molecule has 21 heavy (non-hydrogen) atoms. The molecule has 0 saturated carbocycles. The number of ether oxygens (including phenoxy) is 1. The Morgan fingerprint density at radius 3 is 2.71 bits per heavy atom. The molecule has 1 aromatic carbocycles. The second kappa shape index (κ2) is 7.35. The SMILES string of the molecule is Cc1cccc(CS(=O)(=O)N[C@H](C)CN2CCOCC2)c1. The van der Waals surface area contributed by atoms with Gasteiger partial charge in [-0.05, 0) is 19.4 Å². The fourth-order valence-electron chi connectivity index (χ4n) is 2.58. The van der Waals surface area contributed by atoms with Crippen LogP contribution in [0.2, 0.25) is 0 Å². The lowest BCUT2D eigenvalue weighted by atomic mass is 10.2. The standard InChI is InChI=1S/C15H24N2O3S/c1-13-4-3-5-15(10-13)12-21(18,19)16-14(2)11-17-6-8-20-9-7-17/h3-5,10,14,16H,6-9,11-12H2,1-2H3/t14-/m1/s1. The Labute approximate surface area is 127 Å². The average molecular weight is 312 g/mol. The summed E-state index contributed by atoms with van der Waals surface area (Å²) in [5.41, 5.74) is 1.89. The summed E-state index contributed by atoms with van der Waals surface area (Å²) in [4.78, 5) is 2.23. The molecule has 5 nitrogen and oxygen atoms in total. The number of rotatable bonds is 6. The van der Waals surface area contributed by atoms with Gasteiger partial charge in [0.05, 0.1) is 19.0 Å². The first kappa shape index (κ1) is 16.4. The molecule has 0 aliphatic carbocycles. The van der Waals surface area contributed by atoms with Crippen molar-refractivity contribution in [3.8, 4) is 0 Å². The quantitative estimate of drug-likeness (QED) is 0.856. The largest absolute Gasteiger partial charge is 0.379 e. The number of hydrogen-bond donors (Lipinski definition) is 1. The number of benzene rings is 1. The Bertz CT molecular complexity index is 554. The van der Waals surface area contributed by atoms with E-state index in [2.05, 4.69) is 9.62 Å². The van der Waals surface area contributed by atoms with Gasteiger partial charge in [-0.2, -0.15) is 0 Å². The van der Waals surface area contributed by atoms with Crippen molar-refractivity contribution in [1.82, 2.24) is 9.62 Å². The van der Waals surface area contributed by atoms with Crippen LogP contribution in [0.5, 0.6) is 0 Å². The zero-order valence-corrected chi connectivity index (χ0v) is 13.5. The zero-order valence-electron chi connectivity index (χ0n) is 12.7. The van der Waals surface area contributed by atoms with Gasteiger partial charge in [-0.25, -0.2) is 13.1 Å². The smallest absolute Gasteiger partial charge is 0.216 e. The summed E-state index contributed by atoms with van der Waals surface area (Å²) < 4.78 is 32.5. The molecule has 1 fully saturated rings. The minimum Gasteiger partial charge on any atom is -0.379 e. The molecule has 1 atom stereocenters. The fraction of sp³-hybridized carbons (Fsp3) is 0.600. The summed E-state index contributed by atoms with van der Waals surface area (Å²) in [6.45, 7) is 7.77. The van der Waals surface area contributed by atoms with E-state index in [4.69, 9.17) is 4.74 Å². The normalized spacial score (nSPS) is 18.6. The highest BCUT2D eigenvalue weighted by Crippen LogP contribution is 2.08. The molecule has 0 unspecified atom stereocenters. The molecule has 0 amide bonds. The second-order valence-corrected chi connectivity index (χ2v) is 7.43. The van der Waals surface area contributed by atoms with Crippen molar-refractivity contribution >= 4 is 10.0 Å². The van der Waals surface area contributed by atoms with E-state index < -0.39 is 10.0 Å². The van der Waals surface area contributed by atoms with Gasteiger partial charge in [0.25, 0.3) is 0 Å². The minimum atomic E-state index is -3.31. The average Bonchev–Trinajstić information content (AvgIpc) is 2.38. The molecule has 1 saturated heterocycles. The van der Waals surface area contributed by atoms with Crippen LogP contribution in [0.4, 0.5) is 0 Å². The van der Waals surface area contributed by atoms with E-state index in [1.165, 1.54) is 0 Å². The van der Waals surface area contributed by atoms with Gasteiger partial charge in [-0.1, -0.05) is 29.8 Å². The second-order valence-electron chi connectivity index (χ2n) is 5.68. The predicted octanol–water partition coefficient (Wildman–Crippen LogP) is 1.14. The van der Waals surface area contributed by atoms with E-state index in [9.17, 15) is 8.42 Å². The Balaban J connectivity index is 1.87. The topological polar surface area (TPSA) is 58.6 Å². The number of hydrogen-bond acceptors (Lipinski definition) is 4. The summed E-state index contributed by atoms with van der Waals surface area (Å²) in [5, 5.41) is 0. The molecule has 6 heteroatoms. The van der Waals surface area contributed by atoms with E-state index >= 15 is 0 Å². The van der Waals surface area contributed by atoms with Crippen LogP contribution >= 0.6 is 0 Å². The lowest BCUT2D eigenvalue weighted by molar-refractivity contribution is 0.0354. The van der Waals surface area contributed by atoms with Crippen molar-refractivity contribution in [3.05, 3.63) is 35.4 Å². The van der Waals surface area contributed by atoms with Crippen LogP contribution < -0.4 is 4.72 Å². The van der Waals surface area contributed by atoms with Gasteiger partial charge in [0.15, 0.2) is 0 Å². The molecular weight excluding hydrogens is 288 g/mol. The Morgan fingerprint density at radius 1 is 1.33 bits per heavy atom. The molecule has 0 aromatic heterocycles. The maximum atomic E-state index is 12.2. The van der Waals surface area contributed by atoms with Gasteiger partial charge in [-0.15, -0.1) is 0 Å². The van der Waals surface area contributed by atoms with E-state index in [1.807, 2.05) is 38.1 Å². The first-order valence-electron chi connectivity index (χ1n) is 7.30. The Hall–Kier alpha value is -0.950. The van der Waals surface area contributed by atoms with Crippen molar-refractivity contribution in [3.63, 3.8) is 0 Å². The number of aryl methyl sites for hydroxylation is 1. The lowest BCUT2D eigenvalue weighted by Gasteiger charge is -2.29. The highest BCUT2D eigenvalue weighted by Gasteiger charge is 2.19. The highest BCUT2D eigenvalue weighted by atomic mass is 32.2. The van der Waals surface area contributed by atoms with Crippen LogP contribution in [0.3, 0.4) is 0 Å². The maximum Gasteiger partial charge on any atom is 0.216 e. The number of nitrogens with one attached hydrogen (secondary N) is 1. The monoisotopic (exact) mass is 312 g/mol. The third-order valence-corrected chi connectivity index (χ3v) is 4.93. The summed E-state index contributed by atoms with van der Waals surface area (Å²) in [7, 11) is -3.31. The first-order valence-corrected chi connectivity index (χ1v) is 8.95. The fourth-order valence-corrected chi connectivity index (χ4v) is 3.97. The van der Waals surface area contributed by atoms with E-state index in [-0.39, 0.29) is 11.8 Å². The van der Waals surface area contributed by atoms with Gasteiger partial charge in [0, 0.05) is 25.7 Å². The molecular formula is C15H24N2O3S. The molecule has 0 radical (unpaired) electrons. The molecule has 0 bridgehead atoms. The molecule has 1 N–H and O–H groups in total. The highest BCUT2D eigenvalue weighted by molar-refractivity contribution is 7.88. The van der Waals surface area contributed by atoms with E-state index in [0.717, 1.165) is 44.0 Å². The van der Waals surface area contributed by atoms with Crippen LogP contribution in [0.15, 0.2) is 24.3 Å². The molecule has 2 rings (SSSR count). The van der Waals surface area contributed by atoms with Gasteiger partial charge in [-0.3, -0.25) is 4.90 Å². The third-order valence-electron chi connectivity index (χ3n) is 3.46. The van der Waals surface area contributed by atoms with E-state index in [1.54, 1.807) is 0 Å². The van der Waals surface area contributed by atoms with Gasteiger partial charge in [0.2, 0.25) is 10.0 Å². The Morgan fingerprint density at radius 2 is 2.05 bits per heavy atom. The van der Waals surface area contributed by atoms with Crippen LogP contribution in [-0.2, 0) is 20.5 Å². The van der Waals surface area contributed by atoms with E-state index in [0.29, 0.717) is 0 Å². The van der Waals surface area contributed by atoms with Crippen molar-refractivity contribution in [2.24, 2.45) is 0 Å². The van der Waals surface area contributed by atoms with Crippen LogP contribution in [0.25, 0.3) is 0 Å². The van der Waals surface area contributed by atoms with Crippen molar-refractivity contribution in [2.45, 2.75) is 25.6 Å². The molecule has 0 spiro atoms. The first-order chi connectivity index (χ1) is 9.94. The lowest BCUT2D eigenvalue weighted by Crippen LogP contribution is -2.46. The Kier molecular flexibility index (Phi) is 5.75. The predicted molar refractivity (Wildman–Crippen MR) is 83.7 cm³/mol. The van der Waals surface area contributed by atoms with Gasteiger partial charge >= 0.3 is 0 Å². The summed E-state index contributed by atoms with van der Waals surface area (Å²) in [6, 6.07) is 7.50. The minimum absolute atomic E-state index is 0.0299. The molecule has 1 aliphatic heterocycles. The van der Waals surface area contributed by atoms with Crippen molar-refractivity contribution < 1.29 is 13.2 Å². The zero-order chi connectivity index (χ0) is 15.3.